The third-order valence-corrected chi connectivity index (χ3v) is 2.10. The molecule has 0 aliphatic rings. The number of nitrogens with zero attached hydrogens (tertiary/aromatic N) is 1. The summed E-state index contributed by atoms with van der Waals surface area (Å²) in [7, 11) is 0. The van der Waals surface area contributed by atoms with Gasteiger partial charge in [-0.2, -0.15) is 0 Å². The Labute approximate surface area is 92.2 Å². The van der Waals surface area contributed by atoms with Crippen LogP contribution in [0.5, 0.6) is 0 Å². The van der Waals surface area contributed by atoms with Crippen molar-refractivity contribution < 1.29 is 9.90 Å². The molecule has 82 valence electrons. The third-order valence-electron chi connectivity index (χ3n) is 2.10. The molecule has 2 rings (SSSR count). The van der Waals surface area contributed by atoms with Crippen LogP contribution in [-0.2, 0) is 6.61 Å². The van der Waals surface area contributed by atoms with Crippen LogP contribution in [0.2, 0.25) is 0 Å². The van der Waals surface area contributed by atoms with Crippen molar-refractivity contribution in [1.82, 2.24) is 9.97 Å². The summed E-state index contributed by atoms with van der Waals surface area (Å²) < 4.78 is 0. The topological polar surface area (TPSA) is 78.0 Å². The van der Waals surface area contributed by atoms with Crippen molar-refractivity contribution in [2.45, 2.75) is 6.61 Å². The zero-order valence-electron chi connectivity index (χ0n) is 8.47. The molecule has 0 radical (unpaired) electrons. The number of aliphatic hydroxyl groups excluding tert-OH is 1. The molecule has 0 atom stereocenters. The number of hydrogen-bond acceptors (Lipinski definition) is 3. The summed E-state index contributed by atoms with van der Waals surface area (Å²) in [6.45, 7) is -0.175. The molecule has 0 unspecified atom stereocenters. The normalized spacial score (nSPS) is 10.1. The summed E-state index contributed by atoms with van der Waals surface area (Å²) in [5.74, 6) is -0.225. The number of carbonyl (C=O) groups excluding carboxylic acids is 1. The largest absolute Gasteiger partial charge is 0.390 e. The third kappa shape index (κ3) is 2.26. The lowest BCUT2D eigenvalue weighted by Crippen LogP contribution is -2.12. The minimum atomic E-state index is -0.225. The van der Waals surface area contributed by atoms with Crippen molar-refractivity contribution in [2.24, 2.45) is 0 Å². The molecule has 0 aliphatic heterocycles. The molecule has 0 saturated heterocycles. The summed E-state index contributed by atoms with van der Waals surface area (Å²) in [5.41, 5.74) is 1.65. The average molecular weight is 217 g/mol. The molecule has 5 heteroatoms. The highest BCUT2D eigenvalue weighted by atomic mass is 16.3. The van der Waals surface area contributed by atoms with Crippen LogP contribution in [-0.4, -0.2) is 21.0 Å². The maximum absolute atomic E-state index is 11.7. The van der Waals surface area contributed by atoms with Crippen LogP contribution in [0.25, 0.3) is 0 Å². The summed E-state index contributed by atoms with van der Waals surface area (Å²) in [6.07, 6.45) is 4.91. The molecule has 0 aromatic carbocycles. The molecule has 0 spiro atoms. The van der Waals surface area contributed by atoms with Gasteiger partial charge in [-0.3, -0.25) is 9.78 Å². The lowest BCUT2D eigenvalue weighted by molar-refractivity contribution is 0.102. The fourth-order valence-electron chi connectivity index (χ4n) is 1.31. The maximum Gasteiger partial charge on any atom is 0.255 e. The molecular weight excluding hydrogens is 206 g/mol. The highest BCUT2D eigenvalue weighted by Gasteiger charge is 2.06. The first-order valence-corrected chi connectivity index (χ1v) is 4.79. The minimum absolute atomic E-state index is 0.175. The molecule has 2 heterocycles. The van der Waals surface area contributed by atoms with Gasteiger partial charge >= 0.3 is 0 Å². The quantitative estimate of drug-likeness (QED) is 0.721. The van der Waals surface area contributed by atoms with E-state index in [-0.39, 0.29) is 12.5 Å². The lowest BCUT2D eigenvalue weighted by Gasteiger charge is -2.03. The van der Waals surface area contributed by atoms with Crippen LogP contribution in [0.4, 0.5) is 5.69 Å². The predicted molar refractivity (Wildman–Crippen MR) is 58.9 cm³/mol. The van der Waals surface area contributed by atoms with E-state index in [9.17, 15) is 4.79 Å². The molecule has 0 saturated carbocycles. The Hall–Kier alpha value is -2.14. The second-order valence-electron chi connectivity index (χ2n) is 3.25. The number of aliphatic hydroxyl groups is 1. The molecule has 0 fully saturated rings. The average Bonchev–Trinajstić information content (AvgIpc) is 2.82. The molecule has 0 aliphatic carbocycles. The minimum Gasteiger partial charge on any atom is -0.390 e. The Balaban J connectivity index is 2.14. The number of amides is 1. The van der Waals surface area contributed by atoms with Gasteiger partial charge in [-0.15, -0.1) is 0 Å². The summed E-state index contributed by atoms with van der Waals surface area (Å²) >= 11 is 0. The van der Waals surface area contributed by atoms with E-state index in [4.69, 9.17) is 5.11 Å². The summed E-state index contributed by atoms with van der Waals surface area (Å²) in [6, 6.07) is 4.91. The van der Waals surface area contributed by atoms with Crippen LogP contribution in [0, 0.1) is 0 Å². The van der Waals surface area contributed by atoms with Crippen LogP contribution in [0.15, 0.2) is 36.8 Å². The summed E-state index contributed by atoms with van der Waals surface area (Å²) in [4.78, 5) is 18.5. The molecule has 16 heavy (non-hydrogen) atoms. The monoisotopic (exact) mass is 217 g/mol. The van der Waals surface area contributed by atoms with E-state index in [0.717, 1.165) is 0 Å². The van der Waals surface area contributed by atoms with Gasteiger partial charge in [0, 0.05) is 24.2 Å². The van der Waals surface area contributed by atoms with Gasteiger partial charge in [0.1, 0.15) is 0 Å². The van der Waals surface area contributed by atoms with Gasteiger partial charge in [-0.1, -0.05) is 0 Å². The van der Waals surface area contributed by atoms with E-state index in [1.165, 1.54) is 6.20 Å². The van der Waals surface area contributed by atoms with Gasteiger partial charge in [-0.05, 0) is 18.2 Å². The zero-order chi connectivity index (χ0) is 11.4. The first kappa shape index (κ1) is 10.4. The van der Waals surface area contributed by atoms with Gasteiger partial charge < -0.3 is 15.4 Å². The fourth-order valence-corrected chi connectivity index (χ4v) is 1.31. The Morgan fingerprint density at radius 1 is 1.50 bits per heavy atom. The predicted octanol–water partition coefficient (Wildman–Crippen LogP) is 1.15. The smallest absolute Gasteiger partial charge is 0.255 e. The molecule has 1 amide bonds. The second-order valence-corrected chi connectivity index (χ2v) is 3.25. The zero-order valence-corrected chi connectivity index (χ0v) is 8.47. The van der Waals surface area contributed by atoms with Crippen LogP contribution >= 0.6 is 0 Å². The maximum atomic E-state index is 11.7. The molecule has 2 aromatic heterocycles. The van der Waals surface area contributed by atoms with Gasteiger partial charge in [0.2, 0.25) is 0 Å². The highest BCUT2D eigenvalue weighted by Crippen LogP contribution is 2.08. The van der Waals surface area contributed by atoms with Gasteiger partial charge in [0.15, 0.2) is 0 Å². The first-order valence-electron chi connectivity index (χ1n) is 4.79. The number of pyridine rings is 1. The number of carbonyl (C=O) groups is 1. The van der Waals surface area contributed by atoms with Crippen molar-refractivity contribution in [2.75, 3.05) is 5.32 Å². The van der Waals surface area contributed by atoms with Crippen LogP contribution in [0.1, 0.15) is 16.1 Å². The molecule has 3 N–H and O–H groups in total. The Morgan fingerprint density at radius 3 is 3.06 bits per heavy atom. The number of H-pyrrole nitrogens is 1. The van der Waals surface area contributed by atoms with Crippen molar-refractivity contribution >= 4 is 11.6 Å². The number of nitrogens with one attached hydrogen (secondary N) is 2. The Kier molecular flexibility index (Phi) is 2.98. The first-order chi connectivity index (χ1) is 7.79. The van der Waals surface area contributed by atoms with Gasteiger partial charge in [0.25, 0.3) is 5.91 Å². The molecular formula is C11H11N3O2. The van der Waals surface area contributed by atoms with Gasteiger partial charge in [-0.25, -0.2) is 0 Å². The van der Waals surface area contributed by atoms with E-state index in [0.29, 0.717) is 16.9 Å². The number of aromatic amines is 1. The number of rotatable bonds is 3. The lowest BCUT2D eigenvalue weighted by atomic mass is 10.2. The molecule has 5 nitrogen and oxygen atoms in total. The SMILES string of the molecule is O=C(Nc1cc[nH]c1)c1ccnc(CO)c1. The van der Waals surface area contributed by atoms with E-state index in [2.05, 4.69) is 15.3 Å². The Bertz CT molecular complexity index is 480. The van der Waals surface area contributed by atoms with E-state index in [1.807, 2.05) is 0 Å². The van der Waals surface area contributed by atoms with Crippen LogP contribution < -0.4 is 5.32 Å². The number of anilines is 1. The fraction of sp³-hybridized carbons (Fsp3) is 0.0909. The molecule has 0 bridgehead atoms. The van der Waals surface area contributed by atoms with E-state index in [1.54, 1.807) is 30.6 Å². The Morgan fingerprint density at radius 2 is 2.38 bits per heavy atom. The molecule has 2 aromatic rings. The number of aromatic nitrogens is 2. The standard InChI is InChI=1S/C11H11N3O2/c15-7-10-5-8(1-4-13-10)11(16)14-9-2-3-12-6-9/h1-6,12,15H,7H2,(H,14,16). The van der Waals surface area contributed by atoms with E-state index < -0.39 is 0 Å². The number of hydrogen-bond donors (Lipinski definition) is 3. The second kappa shape index (κ2) is 4.59. The van der Waals surface area contributed by atoms with Crippen molar-refractivity contribution in [1.29, 1.82) is 0 Å². The van der Waals surface area contributed by atoms with E-state index >= 15 is 0 Å². The van der Waals surface area contributed by atoms with Gasteiger partial charge in [0.05, 0.1) is 18.0 Å². The van der Waals surface area contributed by atoms with Crippen LogP contribution in [0.3, 0.4) is 0 Å². The van der Waals surface area contributed by atoms with Crippen molar-refractivity contribution in [3.05, 3.63) is 48.0 Å². The highest BCUT2D eigenvalue weighted by molar-refractivity contribution is 6.04. The summed E-state index contributed by atoms with van der Waals surface area (Å²) in [5, 5.41) is 11.6. The van der Waals surface area contributed by atoms with Crippen molar-refractivity contribution in [3.8, 4) is 0 Å². The van der Waals surface area contributed by atoms with Crippen molar-refractivity contribution in [3.63, 3.8) is 0 Å².